The van der Waals surface area contributed by atoms with E-state index in [0.717, 1.165) is 37.6 Å². The summed E-state index contributed by atoms with van der Waals surface area (Å²) in [7, 11) is 3.30. The zero-order valence-corrected chi connectivity index (χ0v) is 17.6. The Morgan fingerprint density at radius 3 is 2.44 bits per heavy atom. The molecule has 2 rings (SSSR count). The normalized spacial score (nSPS) is 15.2. The quantitative estimate of drug-likeness (QED) is 0.552. The number of carbonyl (C=O) groups excluding carboxylic acids is 1. The Bertz CT molecular complexity index is 514. The van der Waals surface area contributed by atoms with Crippen LogP contribution in [0.1, 0.15) is 11.6 Å². The van der Waals surface area contributed by atoms with E-state index in [9.17, 15) is 4.79 Å². The molecule has 0 bridgehead atoms. The molecular weight excluding hydrogens is 393 g/mol. The lowest BCUT2D eigenvalue weighted by molar-refractivity contribution is -0.120. The maximum Gasteiger partial charge on any atom is 0.234 e. The maximum absolute atomic E-state index is 12.0. The van der Waals surface area contributed by atoms with Gasteiger partial charge in [0.05, 0.1) is 39.5 Å². The van der Waals surface area contributed by atoms with Crippen molar-refractivity contribution < 1.29 is 19.0 Å². The highest BCUT2D eigenvalue weighted by Gasteiger charge is 2.23. The van der Waals surface area contributed by atoms with E-state index in [1.165, 1.54) is 0 Å². The average Bonchev–Trinajstić information content (AvgIpc) is 2.67. The van der Waals surface area contributed by atoms with E-state index < -0.39 is 0 Å². The summed E-state index contributed by atoms with van der Waals surface area (Å²) in [5, 5.41) is 6.09. The van der Waals surface area contributed by atoms with Crippen molar-refractivity contribution in [3.63, 3.8) is 0 Å². The van der Waals surface area contributed by atoms with Crippen molar-refractivity contribution in [1.82, 2.24) is 15.5 Å². The van der Waals surface area contributed by atoms with Gasteiger partial charge in [-0.3, -0.25) is 9.69 Å². The number of benzene rings is 1. The van der Waals surface area contributed by atoms with Crippen LogP contribution in [0.4, 0.5) is 0 Å². The summed E-state index contributed by atoms with van der Waals surface area (Å²) >= 11 is 0. The average molecular weight is 424 g/mol. The van der Waals surface area contributed by atoms with Crippen LogP contribution in [0.2, 0.25) is 0 Å². The minimum atomic E-state index is -0.0112. The minimum absolute atomic E-state index is 0. The van der Waals surface area contributed by atoms with E-state index in [4.69, 9.17) is 14.2 Å². The third-order valence-corrected chi connectivity index (χ3v) is 4.25. The lowest BCUT2D eigenvalue weighted by Crippen LogP contribution is -2.45. The van der Waals surface area contributed by atoms with Gasteiger partial charge in [0.25, 0.3) is 0 Å². The van der Waals surface area contributed by atoms with Crippen molar-refractivity contribution in [1.29, 1.82) is 0 Å². The van der Waals surface area contributed by atoms with Gasteiger partial charge in [-0.25, -0.2) is 0 Å². The lowest BCUT2D eigenvalue weighted by Gasteiger charge is -2.35. The van der Waals surface area contributed by atoms with Crippen LogP contribution in [0.15, 0.2) is 24.3 Å². The lowest BCUT2D eigenvalue weighted by atomic mass is 10.0. The smallest absolute Gasteiger partial charge is 0.234 e. The Morgan fingerprint density at radius 1 is 1.19 bits per heavy atom. The fraction of sp³-hybridized carbons (Fsp3) is 0.611. The number of methoxy groups -OCH3 is 2. The first kappa shape index (κ1) is 25.9. The monoisotopic (exact) mass is 423 g/mol. The van der Waals surface area contributed by atoms with E-state index in [2.05, 4.69) is 27.7 Å². The molecule has 1 amide bonds. The van der Waals surface area contributed by atoms with E-state index >= 15 is 0 Å². The maximum atomic E-state index is 12.0. The number of nitrogens with zero attached hydrogens (tertiary/aromatic N) is 1. The number of morpholine rings is 1. The van der Waals surface area contributed by atoms with Crippen LogP contribution in [0.3, 0.4) is 0 Å². The summed E-state index contributed by atoms with van der Waals surface area (Å²) in [4.78, 5) is 14.4. The Balaban J connectivity index is 0.00000338. The molecule has 0 aromatic heterocycles. The van der Waals surface area contributed by atoms with Gasteiger partial charge < -0.3 is 24.8 Å². The van der Waals surface area contributed by atoms with Crippen molar-refractivity contribution in [2.75, 3.05) is 66.8 Å². The molecule has 1 fully saturated rings. The topological polar surface area (TPSA) is 72.1 Å². The fourth-order valence-corrected chi connectivity index (χ4v) is 2.82. The van der Waals surface area contributed by atoms with Gasteiger partial charge in [-0.15, -0.1) is 24.8 Å². The van der Waals surface area contributed by atoms with Crippen molar-refractivity contribution in [2.45, 2.75) is 6.04 Å². The number of carbonyl (C=O) groups is 1. The van der Waals surface area contributed by atoms with Gasteiger partial charge in [-0.2, -0.15) is 0 Å². The molecule has 1 heterocycles. The van der Waals surface area contributed by atoms with Gasteiger partial charge in [0, 0.05) is 33.3 Å². The number of halogens is 2. The first-order chi connectivity index (χ1) is 12.2. The second-order valence-corrected chi connectivity index (χ2v) is 5.91. The predicted molar refractivity (Wildman–Crippen MR) is 110 cm³/mol. The molecule has 1 aromatic rings. The molecule has 27 heavy (non-hydrogen) atoms. The zero-order chi connectivity index (χ0) is 17.9. The van der Waals surface area contributed by atoms with E-state index in [1.54, 1.807) is 14.2 Å². The molecule has 1 aromatic carbocycles. The number of rotatable bonds is 10. The Labute approximate surface area is 173 Å². The highest BCUT2D eigenvalue weighted by molar-refractivity contribution is 5.85. The number of amides is 1. The number of nitrogens with one attached hydrogen (secondary N) is 2. The molecule has 0 saturated carbocycles. The molecule has 1 aliphatic heterocycles. The predicted octanol–water partition coefficient (Wildman–Crippen LogP) is 1.26. The van der Waals surface area contributed by atoms with Crippen LogP contribution in [0.25, 0.3) is 0 Å². The fourth-order valence-electron chi connectivity index (χ4n) is 2.82. The summed E-state index contributed by atoms with van der Waals surface area (Å²) in [6.07, 6.45) is 0. The molecule has 9 heteroatoms. The summed E-state index contributed by atoms with van der Waals surface area (Å²) in [6.45, 7) is 5.28. The first-order valence-electron chi connectivity index (χ1n) is 8.66. The third kappa shape index (κ3) is 9.10. The van der Waals surface area contributed by atoms with Crippen LogP contribution >= 0.6 is 24.8 Å². The second-order valence-electron chi connectivity index (χ2n) is 5.91. The Hall–Kier alpha value is -1.09. The summed E-state index contributed by atoms with van der Waals surface area (Å²) < 4.78 is 15.6. The molecule has 7 nitrogen and oxygen atoms in total. The van der Waals surface area contributed by atoms with Crippen LogP contribution in [-0.2, 0) is 14.3 Å². The number of hydrogen-bond donors (Lipinski definition) is 2. The molecular formula is C18H31Cl2N3O4. The van der Waals surface area contributed by atoms with Gasteiger partial charge in [-0.05, 0) is 17.7 Å². The molecule has 0 aliphatic carbocycles. The van der Waals surface area contributed by atoms with E-state index in [0.29, 0.717) is 26.2 Å². The van der Waals surface area contributed by atoms with Gasteiger partial charge in [0.1, 0.15) is 5.75 Å². The van der Waals surface area contributed by atoms with Crippen LogP contribution < -0.4 is 15.4 Å². The van der Waals surface area contributed by atoms with Crippen molar-refractivity contribution >= 4 is 30.7 Å². The van der Waals surface area contributed by atoms with Gasteiger partial charge >= 0.3 is 0 Å². The van der Waals surface area contributed by atoms with Crippen molar-refractivity contribution in [3.8, 4) is 5.75 Å². The van der Waals surface area contributed by atoms with Gasteiger partial charge in [-0.1, -0.05) is 12.1 Å². The van der Waals surface area contributed by atoms with Crippen LogP contribution in [0, 0.1) is 0 Å². The summed E-state index contributed by atoms with van der Waals surface area (Å²) in [5.41, 5.74) is 1.16. The zero-order valence-electron chi connectivity index (χ0n) is 15.9. The Morgan fingerprint density at radius 2 is 1.85 bits per heavy atom. The molecule has 1 atom stereocenters. The standard InChI is InChI=1S/C18H29N3O4.2ClH/c1-23-10-7-19-14-18(22)20-13-17(21-8-11-25-12-9-21)15-3-5-16(24-2)6-4-15;;/h3-6,17,19H,7-14H2,1-2H3,(H,20,22);2*1H. The molecule has 1 saturated heterocycles. The minimum Gasteiger partial charge on any atom is -0.497 e. The number of hydrogen-bond acceptors (Lipinski definition) is 6. The van der Waals surface area contributed by atoms with Gasteiger partial charge in [0.15, 0.2) is 0 Å². The van der Waals surface area contributed by atoms with Gasteiger partial charge in [0.2, 0.25) is 5.91 Å². The summed E-state index contributed by atoms with van der Waals surface area (Å²) in [5.74, 6) is 0.818. The molecule has 2 N–H and O–H groups in total. The van der Waals surface area contributed by atoms with E-state index in [1.807, 2.05) is 12.1 Å². The molecule has 156 valence electrons. The van der Waals surface area contributed by atoms with E-state index in [-0.39, 0.29) is 36.8 Å². The highest BCUT2D eigenvalue weighted by atomic mass is 35.5. The molecule has 1 unspecified atom stereocenters. The van der Waals surface area contributed by atoms with Crippen LogP contribution in [-0.4, -0.2) is 77.6 Å². The number of ether oxygens (including phenoxy) is 3. The second kappa shape index (κ2) is 14.9. The molecule has 0 spiro atoms. The largest absolute Gasteiger partial charge is 0.497 e. The summed E-state index contributed by atoms with van der Waals surface area (Å²) in [6, 6.07) is 8.15. The SMILES string of the molecule is COCCNCC(=O)NCC(c1ccc(OC)cc1)N1CCOCC1.Cl.Cl. The Kier molecular flexibility index (Phi) is 14.3. The third-order valence-electron chi connectivity index (χ3n) is 4.25. The molecule has 0 radical (unpaired) electrons. The van der Waals surface area contributed by atoms with Crippen molar-refractivity contribution in [2.24, 2.45) is 0 Å². The molecule has 1 aliphatic rings. The highest BCUT2D eigenvalue weighted by Crippen LogP contribution is 2.23. The van der Waals surface area contributed by atoms with Crippen molar-refractivity contribution in [3.05, 3.63) is 29.8 Å². The van der Waals surface area contributed by atoms with Crippen LogP contribution in [0.5, 0.6) is 5.75 Å². The first-order valence-corrected chi connectivity index (χ1v) is 8.66.